The van der Waals surface area contributed by atoms with E-state index in [2.05, 4.69) is 10.2 Å². The Hall–Kier alpha value is -1.91. The van der Waals surface area contributed by atoms with Crippen molar-refractivity contribution in [1.29, 1.82) is 0 Å². The molecule has 0 radical (unpaired) electrons. The molecule has 1 aromatic carbocycles. The van der Waals surface area contributed by atoms with E-state index in [1.807, 2.05) is 0 Å². The zero-order chi connectivity index (χ0) is 15.5. The summed E-state index contributed by atoms with van der Waals surface area (Å²) >= 11 is 0.890. The maximum atomic E-state index is 11.5. The van der Waals surface area contributed by atoms with E-state index in [-0.39, 0.29) is 22.6 Å². The van der Waals surface area contributed by atoms with Gasteiger partial charge in [-0.05, 0) is 30.8 Å². The molecule has 10 heteroatoms. The minimum atomic E-state index is -3.87. The number of ether oxygens (including phenoxy) is 1. The molecule has 112 valence electrons. The third-order valence-corrected chi connectivity index (χ3v) is 4.22. The smallest absolute Gasteiger partial charge is 0.396 e. The van der Waals surface area contributed by atoms with Crippen molar-refractivity contribution in [2.45, 2.75) is 21.9 Å². The first-order valence-corrected chi connectivity index (χ1v) is 8.08. The van der Waals surface area contributed by atoms with Crippen LogP contribution < -0.4 is 5.14 Å². The Morgan fingerprint density at radius 1 is 1.38 bits per heavy atom. The van der Waals surface area contributed by atoms with E-state index < -0.39 is 16.0 Å². The van der Waals surface area contributed by atoms with Crippen LogP contribution in [0.3, 0.4) is 0 Å². The van der Waals surface area contributed by atoms with Gasteiger partial charge in [-0.1, -0.05) is 17.2 Å². The molecule has 0 fully saturated rings. The van der Waals surface area contributed by atoms with Gasteiger partial charge in [0.15, 0.2) is 0 Å². The van der Waals surface area contributed by atoms with E-state index in [1.165, 1.54) is 6.07 Å². The van der Waals surface area contributed by atoms with Crippen LogP contribution in [0.4, 0.5) is 0 Å². The molecule has 0 spiro atoms. The third-order valence-electron chi connectivity index (χ3n) is 2.21. The number of sulfonamides is 1. The summed E-state index contributed by atoms with van der Waals surface area (Å²) in [6.45, 7) is 1.82. The van der Waals surface area contributed by atoms with E-state index in [0.29, 0.717) is 4.90 Å². The molecule has 0 saturated carbocycles. The average Bonchev–Trinajstić information content (AvgIpc) is 2.87. The van der Waals surface area contributed by atoms with Gasteiger partial charge in [-0.2, -0.15) is 0 Å². The Morgan fingerprint density at radius 3 is 2.76 bits per heavy atom. The highest BCUT2D eigenvalue weighted by Crippen LogP contribution is 2.31. The second-order valence-electron chi connectivity index (χ2n) is 3.69. The molecule has 0 aliphatic heterocycles. The van der Waals surface area contributed by atoms with Gasteiger partial charge in [0.2, 0.25) is 10.0 Å². The Kier molecular flexibility index (Phi) is 4.60. The normalized spacial score (nSPS) is 11.3. The van der Waals surface area contributed by atoms with Crippen LogP contribution >= 0.6 is 11.8 Å². The number of carbonyl (C=O) groups is 1. The van der Waals surface area contributed by atoms with Crippen LogP contribution in [0.25, 0.3) is 0 Å². The zero-order valence-corrected chi connectivity index (χ0v) is 12.5. The molecule has 8 nitrogen and oxygen atoms in total. The van der Waals surface area contributed by atoms with Crippen molar-refractivity contribution >= 4 is 27.8 Å². The Morgan fingerprint density at radius 2 is 2.10 bits per heavy atom. The second-order valence-corrected chi connectivity index (χ2v) is 6.21. The monoisotopic (exact) mass is 329 g/mol. The number of benzene rings is 1. The average molecular weight is 329 g/mol. The number of primary sulfonamides is 1. The summed E-state index contributed by atoms with van der Waals surface area (Å²) in [5.74, 6) is -1.04. The highest BCUT2D eigenvalue weighted by molar-refractivity contribution is 8.00. The predicted molar refractivity (Wildman–Crippen MR) is 72.2 cm³/mol. The number of carbonyl (C=O) groups excluding carboxylic acids is 1. The van der Waals surface area contributed by atoms with Crippen LogP contribution in [0.5, 0.6) is 0 Å². The zero-order valence-electron chi connectivity index (χ0n) is 10.8. The highest BCUT2D eigenvalue weighted by Gasteiger charge is 2.19. The molecule has 0 aliphatic carbocycles. The molecule has 0 aliphatic rings. The van der Waals surface area contributed by atoms with Gasteiger partial charge in [-0.25, -0.2) is 18.4 Å². The van der Waals surface area contributed by atoms with E-state index in [9.17, 15) is 13.2 Å². The second kappa shape index (κ2) is 6.24. The van der Waals surface area contributed by atoms with Crippen molar-refractivity contribution in [3.05, 3.63) is 30.2 Å². The fourth-order valence-corrected chi connectivity index (χ4v) is 3.19. The SMILES string of the molecule is CCOC(=O)c1nnc(Sc2ccccc2S(N)(=O)=O)o1. The van der Waals surface area contributed by atoms with Gasteiger partial charge >= 0.3 is 11.9 Å². The summed E-state index contributed by atoms with van der Waals surface area (Å²) in [4.78, 5) is 11.6. The summed E-state index contributed by atoms with van der Waals surface area (Å²) in [6.07, 6.45) is 0. The Balaban J connectivity index is 2.26. The molecular formula is C11H11N3O5S2. The maximum Gasteiger partial charge on any atom is 0.396 e. The fourth-order valence-electron chi connectivity index (χ4n) is 1.39. The number of esters is 1. The number of aromatic nitrogens is 2. The molecule has 0 bridgehead atoms. The number of hydrogen-bond acceptors (Lipinski definition) is 8. The van der Waals surface area contributed by atoms with E-state index >= 15 is 0 Å². The molecule has 0 unspecified atom stereocenters. The summed E-state index contributed by atoms with van der Waals surface area (Å²) in [6, 6.07) is 6.08. The summed E-state index contributed by atoms with van der Waals surface area (Å²) < 4.78 is 32.7. The van der Waals surface area contributed by atoms with E-state index in [1.54, 1.807) is 25.1 Å². The summed E-state index contributed by atoms with van der Waals surface area (Å²) in [7, 11) is -3.87. The predicted octanol–water partition coefficient (Wildman–Crippen LogP) is 1.04. The van der Waals surface area contributed by atoms with E-state index in [4.69, 9.17) is 14.3 Å². The summed E-state index contributed by atoms with van der Waals surface area (Å²) in [5.41, 5.74) is 0. The van der Waals surface area contributed by atoms with Gasteiger partial charge in [-0.15, -0.1) is 5.10 Å². The van der Waals surface area contributed by atoms with Crippen molar-refractivity contribution in [3.63, 3.8) is 0 Å². The lowest BCUT2D eigenvalue weighted by molar-refractivity contribution is 0.0475. The first-order chi connectivity index (χ1) is 9.91. The van der Waals surface area contributed by atoms with Crippen LogP contribution in [0, 0.1) is 0 Å². The van der Waals surface area contributed by atoms with Gasteiger partial charge < -0.3 is 9.15 Å². The van der Waals surface area contributed by atoms with Crippen LogP contribution in [-0.2, 0) is 14.8 Å². The lowest BCUT2D eigenvalue weighted by atomic mass is 10.4. The number of nitrogens with two attached hydrogens (primary N) is 1. The van der Waals surface area contributed by atoms with Gasteiger partial charge in [0.1, 0.15) is 0 Å². The molecule has 0 atom stereocenters. The molecular weight excluding hydrogens is 318 g/mol. The van der Waals surface area contributed by atoms with Crippen molar-refractivity contribution in [2.24, 2.45) is 5.14 Å². The van der Waals surface area contributed by atoms with Crippen LogP contribution in [0.15, 0.2) is 43.7 Å². The minimum Gasteiger partial charge on any atom is -0.459 e. The molecule has 1 heterocycles. The Bertz CT molecular complexity index is 757. The molecule has 2 aromatic rings. The van der Waals surface area contributed by atoms with Gasteiger partial charge in [-0.3, -0.25) is 0 Å². The topological polar surface area (TPSA) is 125 Å². The van der Waals surface area contributed by atoms with Gasteiger partial charge in [0.05, 0.1) is 11.5 Å². The van der Waals surface area contributed by atoms with Gasteiger partial charge in [0, 0.05) is 4.90 Å². The molecule has 21 heavy (non-hydrogen) atoms. The van der Waals surface area contributed by atoms with Crippen molar-refractivity contribution in [1.82, 2.24) is 10.2 Å². The van der Waals surface area contributed by atoms with E-state index in [0.717, 1.165) is 11.8 Å². The minimum absolute atomic E-state index is 0.00848. The first-order valence-electron chi connectivity index (χ1n) is 5.72. The first kappa shape index (κ1) is 15.5. The van der Waals surface area contributed by atoms with Crippen molar-refractivity contribution in [3.8, 4) is 0 Å². The lowest BCUT2D eigenvalue weighted by Gasteiger charge is -2.03. The van der Waals surface area contributed by atoms with Gasteiger partial charge in [0.25, 0.3) is 5.22 Å². The maximum absolute atomic E-state index is 11.5. The number of nitrogens with zero attached hydrogens (tertiary/aromatic N) is 2. The largest absolute Gasteiger partial charge is 0.459 e. The lowest BCUT2D eigenvalue weighted by Crippen LogP contribution is -2.13. The number of rotatable bonds is 5. The molecule has 0 amide bonds. The third kappa shape index (κ3) is 3.80. The molecule has 2 N–H and O–H groups in total. The quantitative estimate of drug-likeness (QED) is 0.807. The van der Waals surface area contributed by atoms with Crippen molar-refractivity contribution in [2.75, 3.05) is 6.61 Å². The summed E-state index contributed by atoms with van der Waals surface area (Å²) in [5, 5.41) is 12.3. The van der Waals surface area contributed by atoms with Crippen LogP contribution in [-0.4, -0.2) is 31.2 Å². The fraction of sp³-hybridized carbons (Fsp3) is 0.182. The van der Waals surface area contributed by atoms with Crippen LogP contribution in [0.1, 0.15) is 17.6 Å². The van der Waals surface area contributed by atoms with Crippen LogP contribution in [0.2, 0.25) is 0 Å². The molecule has 1 aromatic heterocycles. The van der Waals surface area contributed by atoms with Crippen molar-refractivity contribution < 1.29 is 22.4 Å². The molecule has 2 rings (SSSR count). The number of hydrogen-bond donors (Lipinski definition) is 1. The highest BCUT2D eigenvalue weighted by atomic mass is 32.2. The molecule has 0 saturated heterocycles. The Labute approximate surface area is 124 Å². The standard InChI is InChI=1S/C11H11N3O5S2/c1-2-18-10(15)9-13-14-11(19-9)20-7-5-3-4-6-8(7)21(12,16)17/h3-6H,2H2,1H3,(H2,12,16,17).